The molecule has 174 valence electrons. The number of nitrogens with two attached hydrogens (primary N) is 1. The number of hydrogen-bond donors (Lipinski definition) is 2. The molecule has 0 bridgehead atoms. The smallest absolute Gasteiger partial charge is 0.386 e. The zero-order chi connectivity index (χ0) is 22.9. The predicted octanol–water partition coefficient (Wildman–Crippen LogP) is 2.96. The molecule has 3 N–H and O–H groups in total. The van der Waals surface area contributed by atoms with Gasteiger partial charge in [-0.3, -0.25) is 9.79 Å². The summed E-state index contributed by atoms with van der Waals surface area (Å²) >= 11 is 0. The molecule has 0 saturated heterocycles. The van der Waals surface area contributed by atoms with Crippen molar-refractivity contribution in [3.63, 3.8) is 0 Å². The fourth-order valence-corrected chi connectivity index (χ4v) is 3.17. The van der Waals surface area contributed by atoms with Gasteiger partial charge in [0.05, 0.1) is 19.0 Å². The Morgan fingerprint density at radius 1 is 1.24 bits per heavy atom. The number of carbonyl (C=O) groups is 1. The lowest BCUT2D eigenvalue weighted by molar-refractivity contribution is -0.141. The van der Waals surface area contributed by atoms with Crippen LogP contribution in [0.5, 0.6) is 0 Å². The number of hydrogen-bond acceptors (Lipinski definition) is 7. The molecule has 0 spiro atoms. The molecule has 33 heavy (non-hydrogen) atoms. The molecule has 0 aliphatic carbocycles. The van der Waals surface area contributed by atoms with Crippen molar-refractivity contribution >= 4 is 29.8 Å². The zero-order valence-electron chi connectivity index (χ0n) is 17.2. The lowest BCUT2D eigenvalue weighted by Gasteiger charge is -2.30. The van der Waals surface area contributed by atoms with Crippen LogP contribution in [0.25, 0.3) is 5.82 Å². The van der Waals surface area contributed by atoms with E-state index in [9.17, 15) is 18.0 Å². The highest BCUT2D eigenvalue weighted by atomic mass is 35.5. The van der Waals surface area contributed by atoms with Gasteiger partial charge in [0.1, 0.15) is 23.7 Å². The van der Waals surface area contributed by atoms with Crippen LogP contribution in [0, 0.1) is 0 Å². The molecule has 1 unspecified atom stereocenters. The molecule has 0 radical (unpaired) electrons. The van der Waals surface area contributed by atoms with Crippen molar-refractivity contribution in [2.75, 3.05) is 18.5 Å². The molecule has 3 heterocycles. The quantitative estimate of drug-likeness (QED) is 0.591. The third-order valence-electron chi connectivity index (χ3n) is 4.75. The molecule has 1 atom stereocenters. The summed E-state index contributed by atoms with van der Waals surface area (Å²) in [4.78, 5) is 25.0. The SMILES string of the molecule is CC1(c2cccc(NC(=O)c3cnc(-n4ccc(C(F)(F)F)n4)cn3)c2)COCC(N)=N1.Cl. The van der Waals surface area contributed by atoms with E-state index in [4.69, 9.17) is 10.5 Å². The number of amidine groups is 1. The van der Waals surface area contributed by atoms with Gasteiger partial charge in [-0.05, 0) is 30.7 Å². The number of benzene rings is 1. The molecular formula is C20H19ClF3N7O2. The van der Waals surface area contributed by atoms with E-state index in [1.54, 1.807) is 18.2 Å². The summed E-state index contributed by atoms with van der Waals surface area (Å²) < 4.78 is 44.5. The van der Waals surface area contributed by atoms with E-state index in [0.29, 0.717) is 18.1 Å². The van der Waals surface area contributed by atoms with Crippen LogP contribution in [-0.4, -0.2) is 44.7 Å². The van der Waals surface area contributed by atoms with E-state index in [2.05, 4.69) is 25.4 Å². The first-order chi connectivity index (χ1) is 15.1. The molecule has 0 fully saturated rings. The van der Waals surface area contributed by atoms with Crippen LogP contribution in [0.1, 0.15) is 28.7 Å². The summed E-state index contributed by atoms with van der Waals surface area (Å²) in [7, 11) is 0. The van der Waals surface area contributed by atoms with Crippen LogP contribution < -0.4 is 11.1 Å². The van der Waals surface area contributed by atoms with Crippen molar-refractivity contribution in [3.05, 3.63) is 65.9 Å². The summed E-state index contributed by atoms with van der Waals surface area (Å²) in [6, 6.07) is 7.90. The normalized spacial score (nSPS) is 18.2. The van der Waals surface area contributed by atoms with Crippen molar-refractivity contribution in [2.24, 2.45) is 10.7 Å². The Kier molecular flexibility index (Phi) is 6.70. The van der Waals surface area contributed by atoms with E-state index >= 15 is 0 Å². The Morgan fingerprint density at radius 3 is 2.67 bits per heavy atom. The van der Waals surface area contributed by atoms with Gasteiger partial charge in [0, 0.05) is 11.9 Å². The van der Waals surface area contributed by atoms with Crippen molar-refractivity contribution in [2.45, 2.75) is 18.6 Å². The largest absolute Gasteiger partial charge is 0.435 e. The van der Waals surface area contributed by atoms with Crippen LogP contribution in [0.2, 0.25) is 0 Å². The molecule has 1 aliphatic rings. The highest BCUT2D eigenvalue weighted by molar-refractivity contribution is 6.02. The third kappa shape index (κ3) is 5.29. The summed E-state index contributed by atoms with van der Waals surface area (Å²) in [5, 5.41) is 6.14. The number of rotatable bonds is 4. The van der Waals surface area contributed by atoms with Crippen LogP contribution >= 0.6 is 12.4 Å². The molecule has 0 saturated carbocycles. The van der Waals surface area contributed by atoms with Crippen LogP contribution in [-0.2, 0) is 16.5 Å². The zero-order valence-corrected chi connectivity index (χ0v) is 18.0. The third-order valence-corrected chi connectivity index (χ3v) is 4.75. The summed E-state index contributed by atoms with van der Waals surface area (Å²) in [6.07, 6.45) is -1.13. The lowest BCUT2D eigenvalue weighted by Crippen LogP contribution is -2.37. The molecular weight excluding hydrogens is 463 g/mol. The molecule has 3 aromatic rings. The first-order valence-corrected chi connectivity index (χ1v) is 9.43. The van der Waals surface area contributed by atoms with E-state index in [0.717, 1.165) is 34.9 Å². The van der Waals surface area contributed by atoms with Crippen LogP contribution in [0.15, 0.2) is 53.9 Å². The number of halogens is 4. The monoisotopic (exact) mass is 481 g/mol. The van der Waals surface area contributed by atoms with Gasteiger partial charge in [0.25, 0.3) is 5.91 Å². The van der Waals surface area contributed by atoms with Crippen molar-refractivity contribution in [1.29, 1.82) is 0 Å². The second-order valence-corrected chi connectivity index (χ2v) is 7.31. The Morgan fingerprint density at radius 2 is 2.03 bits per heavy atom. The van der Waals surface area contributed by atoms with E-state index in [1.165, 1.54) is 0 Å². The van der Waals surface area contributed by atoms with Gasteiger partial charge in [0.2, 0.25) is 0 Å². The minimum atomic E-state index is -4.56. The maximum atomic E-state index is 12.7. The second-order valence-electron chi connectivity index (χ2n) is 7.31. The Bertz CT molecular complexity index is 1180. The molecule has 4 rings (SSSR count). The average molecular weight is 482 g/mol. The fraction of sp³-hybridized carbons (Fsp3) is 0.250. The first-order valence-electron chi connectivity index (χ1n) is 9.43. The number of nitrogens with one attached hydrogen (secondary N) is 1. The molecule has 2 aromatic heterocycles. The van der Waals surface area contributed by atoms with Gasteiger partial charge < -0.3 is 15.8 Å². The Hall–Kier alpha value is -3.51. The van der Waals surface area contributed by atoms with E-state index in [1.807, 2.05) is 13.0 Å². The van der Waals surface area contributed by atoms with Crippen LogP contribution in [0.3, 0.4) is 0 Å². The van der Waals surface area contributed by atoms with Gasteiger partial charge in [-0.15, -0.1) is 12.4 Å². The Labute approximate surface area is 192 Å². The maximum Gasteiger partial charge on any atom is 0.435 e. The van der Waals surface area contributed by atoms with E-state index < -0.39 is 23.3 Å². The van der Waals surface area contributed by atoms with Crippen molar-refractivity contribution in [3.8, 4) is 5.82 Å². The van der Waals surface area contributed by atoms with E-state index in [-0.39, 0.29) is 30.5 Å². The number of aliphatic imine (C=N–C) groups is 1. The van der Waals surface area contributed by atoms with Crippen molar-refractivity contribution < 1.29 is 22.7 Å². The molecule has 13 heteroatoms. The number of anilines is 1. The van der Waals surface area contributed by atoms with Crippen molar-refractivity contribution in [1.82, 2.24) is 19.7 Å². The highest BCUT2D eigenvalue weighted by Crippen LogP contribution is 2.30. The highest BCUT2D eigenvalue weighted by Gasteiger charge is 2.34. The number of alkyl halides is 3. The minimum Gasteiger partial charge on any atom is -0.386 e. The minimum absolute atomic E-state index is 0. The second kappa shape index (κ2) is 9.16. The first kappa shape index (κ1) is 24.1. The van der Waals surface area contributed by atoms with Gasteiger partial charge in [0.15, 0.2) is 11.5 Å². The topological polar surface area (TPSA) is 120 Å². The summed E-state index contributed by atoms with van der Waals surface area (Å²) in [5.41, 5.74) is 5.36. The van der Waals surface area contributed by atoms with Crippen LogP contribution in [0.4, 0.5) is 18.9 Å². The Balaban J connectivity index is 0.00000306. The molecule has 1 amide bonds. The number of carbonyl (C=O) groups excluding carboxylic acids is 1. The molecule has 9 nitrogen and oxygen atoms in total. The predicted molar refractivity (Wildman–Crippen MR) is 116 cm³/mol. The number of amides is 1. The van der Waals surface area contributed by atoms with Gasteiger partial charge in [-0.1, -0.05) is 12.1 Å². The average Bonchev–Trinajstić information content (AvgIpc) is 3.25. The molecule has 1 aliphatic heterocycles. The number of aromatic nitrogens is 4. The number of nitrogens with zero attached hydrogens (tertiary/aromatic N) is 5. The van der Waals surface area contributed by atoms with Gasteiger partial charge in [-0.25, -0.2) is 14.6 Å². The fourth-order valence-electron chi connectivity index (χ4n) is 3.17. The summed E-state index contributed by atoms with van der Waals surface area (Å²) in [5.74, 6) is -0.103. The lowest BCUT2D eigenvalue weighted by atomic mass is 9.92. The van der Waals surface area contributed by atoms with Gasteiger partial charge >= 0.3 is 6.18 Å². The standard InChI is InChI=1S/C20H18F3N7O2.ClH/c1-19(11-32-10-16(24)28-19)12-3-2-4-13(7-12)27-18(31)14-8-26-17(9-25-14)30-6-5-15(29-30)20(21,22)23;/h2-9H,10-11H2,1H3,(H2,24,28)(H,27,31);1H. The number of ether oxygens (including phenoxy) is 1. The van der Waals surface area contributed by atoms with Gasteiger partial charge in [-0.2, -0.15) is 18.3 Å². The summed E-state index contributed by atoms with van der Waals surface area (Å²) in [6.45, 7) is 2.50. The maximum absolute atomic E-state index is 12.7. The molecule has 1 aromatic carbocycles.